The molecular weight excluding hydrogens is 228 g/mol. The van der Waals surface area contributed by atoms with Crippen LogP contribution < -0.4 is 20.1 Å². The molecule has 1 aromatic carbocycles. The van der Waals surface area contributed by atoms with E-state index in [2.05, 4.69) is 29.7 Å². The van der Waals surface area contributed by atoms with Gasteiger partial charge in [0.15, 0.2) is 11.5 Å². The summed E-state index contributed by atoms with van der Waals surface area (Å²) >= 11 is 0. The van der Waals surface area contributed by atoms with Crippen LogP contribution in [0.3, 0.4) is 0 Å². The summed E-state index contributed by atoms with van der Waals surface area (Å²) in [7, 11) is 3.33. The second-order valence-electron chi connectivity index (χ2n) is 4.70. The molecule has 2 atom stereocenters. The lowest BCUT2D eigenvalue weighted by Crippen LogP contribution is -2.55. The molecule has 0 bridgehead atoms. The van der Waals surface area contributed by atoms with Gasteiger partial charge in [-0.05, 0) is 31.0 Å². The molecule has 0 spiro atoms. The van der Waals surface area contributed by atoms with Gasteiger partial charge in [0.1, 0.15) is 0 Å². The van der Waals surface area contributed by atoms with Crippen LogP contribution in [0.5, 0.6) is 11.5 Å². The maximum absolute atomic E-state index is 5.33. The third kappa shape index (κ3) is 2.94. The summed E-state index contributed by atoms with van der Waals surface area (Å²) in [5.41, 5.74) is 1.26. The van der Waals surface area contributed by atoms with E-state index >= 15 is 0 Å². The van der Waals surface area contributed by atoms with Crippen LogP contribution in [0.25, 0.3) is 0 Å². The molecule has 1 fully saturated rings. The Morgan fingerprint density at radius 3 is 2.50 bits per heavy atom. The second kappa shape index (κ2) is 6.07. The van der Waals surface area contributed by atoms with Gasteiger partial charge < -0.3 is 20.1 Å². The molecule has 100 valence electrons. The number of nitrogens with one attached hydrogen (secondary N) is 2. The van der Waals surface area contributed by atoms with Crippen molar-refractivity contribution in [2.24, 2.45) is 0 Å². The summed E-state index contributed by atoms with van der Waals surface area (Å²) in [6, 6.07) is 7.09. The predicted octanol–water partition coefficient (Wildman–Crippen LogP) is 1.20. The highest BCUT2D eigenvalue weighted by molar-refractivity contribution is 5.43. The van der Waals surface area contributed by atoms with Crippen molar-refractivity contribution in [3.63, 3.8) is 0 Å². The first-order valence-corrected chi connectivity index (χ1v) is 6.42. The van der Waals surface area contributed by atoms with Crippen LogP contribution in [0, 0.1) is 0 Å². The van der Waals surface area contributed by atoms with E-state index in [0.717, 1.165) is 31.0 Å². The lowest BCUT2D eigenvalue weighted by atomic mass is 9.98. The molecule has 0 radical (unpaired) electrons. The highest BCUT2D eigenvalue weighted by Crippen LogP contribution is 2.28. The Bertz CT molecular complexity index is 395. The Morgan fingerprint density at radius 1 is 1.11 bits per heavy atom. The van der Waals surface area contributed by atoms with Gasteiger partial charge in [-0.15, -0.1) is 0 Å². The molecule has 4 nitrogen and oxygen atoms in total. The number of hydrogen-bond donors (Lipinski definition) is 2. The van der Waals surface area contributed by atoms with Crippen LogP contribution in [-0.2, 0) is 6.42 Å². The minimum atomic E-state index is 0.469. The van der Waals surface area contributed by atoms with Gasteiger partial charge in [0, 0.05) is 25.2 Å². The molecule has 0 amide bonds. The zero-order valence-electron chi connectivity index (χ0n) is 11.3. The summed E-state index contributed by atoms with van der Waals surface area (Å²) in [5, 5.41) is 7.03. The summed E-state index contributed by atoms with van der Waals surface area (Å²) in [5.74, 6) is 1.58. The van der Waals surface area contributed by atoms with Gasteiger partial charge in [0.25, 0.3) is 0 Å². The van der Waals surface area contributed by atoms with E-state index in [9.17, 15) is 0 Å². The molecule has 0 saturated carbocycles. The molecule has 1 aliphatic rings. The average molecular weight is 250 g/mol. The third-order valence-corrected chi connectivity index (χ3v) is 3.50. The van der Waals surface area contributed by atoms with E-state index in [1.807, 2.05) is 6.07 Å². The summed E-state index contributed by atoms with van der Waals surface area (Å²) in [6.45, 7) is 4.30. The van der Waals surface area contributed by atoms with E-state index < -0.39 is 0 Å². The summed E-state index contributed by atoms with van der Waals surface area (Å²) in [4.78, 5) is 0. The lowest BCUT2D eigenvalue weighted by molar-refractivity contribution is 0.334. The topological polar surface area (TPSA) is 42.5 Å². The number of methoxy groups -OCH3 is 2. The van der Waals surface area contributed by atoms with Crippen molar-refractivity contribution in [2.45, 2.75) is 25.4 Å². The Balaban J connectivity index is 2.08. The van der Waals surface area contributed by atoms with Crippen LogP contribution in [-0.4, -0.2) is 39.4 Å². The van der Waals surface area contributed by atoms with Gasteiger partial charge in [-0.25, -0.2) is 0 Å². The zero-order valence-corrected chi connectivity index (χ0v) is 11.3. The van der Waals surface area contributed by atoms with E-state index in [0.29, 0.717) is 12.1 Å². The first-order valence-electron chi connectivity index (χ1n) is 6.42. The minimum absolute atomic E-state index is 0.469. The molecule has 2 N–H and O–H groups in total. The van der Waals surface area contributed by atoms with Crippen molar-refractivity contribution in [1.29, 1.82) is 0 Å². The van der Waals surface area contributed by atoms with Crippen molar-refractivity contribution in [2.75, 3.05) is 27.3 Å². The first-order chi connectivity index (χ1) is 8.74. The highest BCUT2D eigenvalue weighted by Gasteiger charge is 2.20. The van der Waals surface area contributed by atoms with Crippen LogP contribution in [0.15, 0.2) is 18.2 Å². The first kappa shape index (κ1) is 13.2. The zero-order chi connectivity index (χ0) is 13.0. The Morgan fingerprint density at radius 2 is 1.83 bits per heavy atom. The van der Waals surface area contributed by atoms with Gasteiger partial charge in [-0.3, -0.25) is 0 Å². The maximum Gasteiger partial charge on any atom is 0.160 e. The molecule has 2 rings (SSSR count). The van der Waals surface area contributed by atoms with E-state index in [1.165, 1.54) is 5.56 Å². The summed E-state index contributed by atoms with van der Waals surface area (Å²) < 4.78 is 10.6. The Hall–Kier alpha value is -1.26. The molecule has 2 unspecified atom stereocenters. The molecule has 18 heavy (non-hydrogen) atoms. The molecule has 1 saturated heterocycles. The number of piperazine rings is 1. The van der Waals surface area contributed by atoms with Crippen molar-refractivity contribution >= 4 is 0 Å². The van der Waals surface area contributed by atoms with Crippen molar-refractivity contribution in [1.82, 2.24) is 10.6 Å². The smallest absolute Gasteiger partial charge is 0.160 e. The van der Waals surface area contributed by atoms with Gasteiger partial charge in [0.05, 0.1) is 14.2 Å². The van der Waals surface area contributed by atoms with E-state index in [-0.39, 0.29) is 0 Å². The quantitative estimate of drug-likeness (QED) is 0.842. The molecule has 0 aromatic heterocycles. The minimum Gasteiger partial charge on any atom is -0.493 e. The SMILES string of the molecule is COc1ccc(CC2NCCNC2C)cc1OC. The van der Waals surface area contributed by atoms with Crippen LogP contribution in [0.2, 0.25) is 0 Å². The van der Waals surface area contributed by atoms with Crippen molar-refractivity contribution in [3.8, 4) is 11.5 Å². The number of ether oxygens (including phenoxy) is 2. The van der Waals surface area contributed by atoms with Crippen molar-refractivity contribution < 1.29 is 9.47 Å². The molecule has 4 heteroatoms. The average Bonchev–Trinajstić information content (AvgIpc) is 2.41. The van der Waals surface area contributed by atoms with Crippen molar-refractivity contribution in [3.05, 3.63) is 23.8 Å². The monoisotopic (exact) mass is 250 g/mol. The normalized spacial score (nSPS) is 23.7. The largest absolute Gasteiger partial charge is 0.493 e. The molecule has 1 aromatic rings. The highest BCUT2D eigenvalue weighted by atomic mass is 16.5. The van der Waals surface area contributed by atoms with Gasteiger partial charge in [0.2, 0.25) is 0 Å². The van der Waals surface area contributed by atoms with Crippen LogP contribution in [0.1, 0.15) is 12.5 Å². The van der Waals surface area contributed by atoms with Gasteiger partial charge in [-0.1, -0.05) is 6.07 Å². The van der Waals surface area contributed by atoms with Gasteiger partial charge in [-0.2, -0.15) is 0 Å². The standard InChI is InChI=1S/C14H22N2O2/c1-10-12(16-7-6-15-10)8-11-4-5-13(17-2)14(9-11)18-3/h4-5,9-10,12,15-16H,6-8H2,1-3H3. The van der Waals surface area contributed by atoms with Gasteiger partial charge >= 0.3 is 0 Å². The molecule has 0 aliphatic carbocycles. The Labute approximate surface area is 109 Å². The maximum atomic E-state index is 5.33. The lowest BCUT2D eigenvalue weighted by Gasteiger charge is -2.31. The third-order valence-electron chi connectivity index (χ3n) is 3.50. The fourth-order valence-electron chi connectivity index (χ4n) is 2.39. The van der Waals surface area contributed by atoms with Crippen LogP contribution in [0.4, 0.5) is 0 Å². The van der Waals surface area contributed by atoms with Crippen LogP contribution >= 0.6 is 0 Å². The van der Waals surface area contributed by atoms with E-state index in [1.54, 1.807) is 14.2 Å². The number of hydrogen-bond acceptors (Lipinski definition) is 4. The molecule has 1 heterocycles. The fraction of sp³-hybridized carbons (Fsp3) is 0.571. The number of rotatable bonds is 4. The van der Waals surface area contributed by atoms with E-state index in [4.69, 9.17) is 9.47 Å². The predicted molar refractivity (Wildman–Crippen MR) is 72.5 cm³/mol. The fourth-order valence-corrected chi connectivity index (χ4v) is 2.39. The Kier molecular flexibility index (Phi) is 4.44. The molecular formula is C14H22N2O2. The summed E-state index contributed by atoms with van der Waals surface area (Å²) in [6.07, 6.45) is 0.995. The number of benzene rings is 1. The molecule has 1 aliphatic heterocycles. The second-order valence-corrected chi connectivity index (χ2v) is 4.70.